The molecule has 0 amide bonds. The van der Waals surface area contributed by atoms with Gasteiger partial charge in [0.2, 0.25) is 0 Å². The summed E-state index contributed by atoms with van der Waals surface area (Å²) in [5, 5.41) is 0. The summed E-state index contributed by atoms with van der Waals surface area (Å²) >= 11 is 0. The quantitative estimate of drug-likeness (QED) is 0.189. The van der Waals surface area contributed by atoms with Crippen molar-refractivity contribution in [2.45, 2.75) is 52.4 Å². The van der Waals surface area contributed by atoms with Gasteiger partial charge in [0.25, 0.3) is 0 Å². The SMILES string of the molecule is F[B-](F)(F)F.F[B-](F)(F)F.[2H]c1cc(-c2cc(C(C)(C)C)[o+]c(C(C)(C)C)c2)cc([2H])[n+]1C. The Morgan fingerprint density at radius 2 is 1.00 bits per heavy atom. The summed E-state index contributed by atoms with van der Waals surface area (Å²) in [5.74, 6) is 1.82. The summed E-state index contributed by atoms with van der Waals surface area (Å²) < 4.78 is 102. The molecule has 12 heteroatoms. The van der Waals surface area contributed by atoms with Crippen molar-refractivity contribution < 1.29 is 46.3 Å². The van der Waals surface area contributed by atoms with E-state index in [1.807, 2.05) is 12.1 Å². The first-order valence-corrected chi connectivity index (χ1v) is 9.11. The second-order valence-electron chi connectivity index (χ2n) is 8.63. The van der Waals surface area contributed by atoms with Gasteiger partial charge in [-0.3, -0.25) is 0 Å². The van der Waals surface area contributed by atoms with Crippen molar-refractivity contribution in [2.24, 2.45) is 7.05 Å². The molecule has 2 aromatic rings. The van der Waals surface area contributed by atoms with Gasteiger partial charge in [-0.2, -0.15) is 0 Å². The third kappa shape index (κ3) is 14.5. The second kappa shape index (κ2) is 10.5. The Morgan fingerprint density at radius 1 is 0.710 bits per heavy atom. The number of hydrogen-bond acceptors (Lipinski definition) is 0. The van der Waals surface area contributed by atoms with Crippen LogP contribution in [-0.4, -0.2) is 14.5 Å². The molecule has 0 atom stereocenters. The van der Waals surface area contributed by atoms with Gasteiger partial charge in [-0.15, -0.1) is 0 Å². The van der Waals surface area contributed by atoms with Crippen LogP contribution >= 0.6 is 0 Å². The van der Waals surface area contributed by atoms with Gasteiger partial charge in [0, 0.05) is 29.8 Å². The normalized spacial score (nSPS) is 13.3. The summed E-state index contributed by atoms with van der Waals surface area (Å²) in [6.07, 6.45) is 0.644. The van der Waals surface area contributed by atoms with Crippen LogP contribution in [0.3, 0.4) is 0 Å². The zero-order chi connectivity index (χ0) is 26.6. The Morgan fingerprint density at radius 3 is 1.26 bits per heavy atom. The van der Waals surface area contributed by atoms with Crippen LogP contribution in [0.2, 0.25) is 0 Å². The molecule has 31 heavy (non-hydrogen) atoms. The van der Waals surface area contributed by atoms with Crippen molar-refractivity contribution in [2.75, 3.05) is 0 Å². The van der Waals surface area contributed by atoms with Crippen molar-refractivity contribution in [1.82, 2.24) is 0 Å². The molecular weight excluding hydrogens is 432 g/mol. The standard InChI is InChI=1S/C19H27NO.2BF4/c1-18(2,3)16-12-15(13-17(21-16)19(4,5)6)14-8-10-20(7)11-9-14;2*2-1(3,4)5/h8-13H,1-7H3;;/q+2;2*-1/i10D,11D;;. The third-order valence-electron chi connectivity index (χ3n) is 3.43. The highest BCUT2D eigenvalue weighted by molar-refractivity contribution is 6.50. The first-order chi connectivity index (χ1) is 14.4. The van der Waals surface area contributed by atoms with Crippen LogP contribution in [0.25, 0.3) is 11.1 Å². The van der Waals surface area contributed by atoms with Crippen LogP contribution in [0.1, 0.15) is 55.8 Å². The molecule has 0 unspecified atom stereocenters. The van der Waals surface area contributed by atoms with E-state index in [1.165, 1.54) is 0 Å². The van der Waals surface area contributed by atoms with Gasteiger partial charge in [0.1, 0.15) is 9.79 Å². The van der Waals surface area contributed by atoms with Crippen molar-refractivity contribution >= 4 is 14.5 Å². The fraction of sp³-hybridized carbons (Fsp3) is 0.474. The maximum atomic E-state index is 9.75. The van der Waals surface area contributed by atoms with E-state index in [4.69, 9.17) is 7.16 Å². The first kappa shape index (κ1) is 25.1. The Hall–Kier alpha value is -2.13. The monoisotopic (exact) mass is 461 g/mol. The predicted octanol–water partition coefficient (Wildman–Crippen LogP) is 7.25. The Labute approximate surface area is 180 Å². The van der Waals surface area contributed by atoms with Gasteiger partial charge in [0.05, 0.1) is 10.8 Å². The molecule has 176 valence electrons. The molecule has 0 saturated heterocycles. The lowest BCUT2D eigenvalue weighted by molar-refractivity contribution is -0.671. The zero-order valence-electron chi connectivity index (χ0n) is 20.3. The van der Waals surface area contributed by atoms with Gasteiger partial charge in [0.15, 0.2) is 12.3 Å². The second-order valence-corrected chi connectivity index (χ2v) is 8.63. The molecule has 2 nitrogen and oxygen atoms in total. The summed E-state index contributed by atoms with van der Waals surface area (Å²) in [4.78, 5) is 0. The number of rotatable bonds is 1. The Balaban J connectivity index is 0.000000859. The van der Waals surface area contributed by atoms with Crippen LogP contribution in [0.4, 0.5) is 34.5 Å². The number of halogens is 8. The van der Waals surface area contributed by atoms with Crippen LogP contribution < -0.4 is 4.57 Å². The molecule has 0 N–H and O–H groups in total. The fourth-order valence-corrected chi connectivity index (χ4v) is 1.99. The smallest absolute Gasteiger partial charge is 0.418 e. The Kier molecular flexibility index (Phi) is 8.48. The highest BCUT2D eigenvalue weighted by Crippen LogP contribution is 2.33. The van der Waals surface area contributed by atoms with Crippen LogP contribution in [0, 0.1) is 0 Å². The summed E-state index contributed by atoms with van der Waals surface area (Å²) in [6, 6.07) is 7.66. The summed E-state index contributed by atoms with van der Waals surface area (Å²) in [5.41, 5.74) is 1.66. The molecule has 0 fully saturated rings. The van der Waals surface area contributed by atoms with Gasteiger partial charge in [-0.25, -0.2) is 8.98 Å². The van der Waals surface area contributed by atoms with Crippen molar-refractivity contribution in [3.8, 4) is 11.1 Å². The Bertz CT molecular complexity index is 860. The molecule has 0 saturated carbocycles. The molecule has 0 spiro atoms. The van der Waals surface area contributed by atoms with E-state index >= 15 is 0 Å². The van der Waals surface area contributed by atoms with E-state index in [0.29, 0.717) is 12.3 Å². The minimum atomic E-state index is -6.00. The number of aromatic nitrogens is 1. The van der Waals surface area contributed by atoms with Crippen molar-refractivity contribution in [3.05, 3.63) is 48.1 Å². The average Bonchev–Trinajstić information content (AvgIpc) is 2.54. The fourth-order valence-electron chi connectivity index (χ4n) is 1.99. The molecule has 0 radical (unpaired) electrons. The third-order valence-corrected chi connectivity index (χ3v) is 3.43. The molecule has 0 bridgehead atoms. The lowest BCUT2D eigenvalue weighted by atomic mass is 9.87. The van der Waals surface area contributed by atoms with Crippen LogP contribution in [0.15, 0.2) is 41.0 Å². The molecule has 2 rings (SSSR count). The maximum absolute atomic E-state index is 9.75. The molecule has 0 aliphatic rings. The molecule has 2 heterocycles. The molecule has 2 aromatic heterocycles. The summed E-state index contributed by atoms with van der Waals surface area (Å²) in [6.45, 7) is 12.7. The van der Waals surface area contributed by atoms with E-state index in [0.717, 1.165) is 22.6 Å². The number of nitrogens with zero attached hydrogens (tertiary/aromatic N) is 1. The van der Waals surface area contributed by atoms with Crippen molar-refractivity contribution in [1.29, 1.82) is 0 Å². The zero-order valence-corrected chi connectivity index (χ0v) is 18.3. The molecule has 0 aromatic carbocycles. The van der Waals surface area contributed by atoms with E-state index in [9.17, 15) is 34.5 Å². The highest BCUT2D eigenvalue weighted by Gasteiger charge is 2.34. The van der Waals surface area contributed by atoms with E-state index in [2.05, 4.69) is 41.5 Å². The lowest BCUT2D eigenvalue weighted by Crippen LogP contribution is -2.25. The number of pyridine rings is 1. The van der Waals surface area contributed by atoms with Gasteiger partial charge >= 0.3 is 26.0 Å². The first-order valence-electron chi connectivity index (χ1n) is 10.1. The van der Waals surface area contributed by atoms with Gasteiger partial charge in [-0.05, 0) is 47.1 Å². The van der Waals surface area contributed by atoms with Crippen LogP contribution in [-0.2, 0) is 17.9 Å². The van der Waals surface area contributed by atoms with Gasteiger partial charge < -0.3 is 34.5 Å². The molecular formula is C19H27B2F8NO. The maximum Gasteiger partial charge on any atom is 0.673 e. The van der Waals surface area contributed by atoms with E-state index in [1.54, 1.807) is 23.7 Å². The minimum Gasteiger partial charge on any atom is -0.418 e. The largest absolute Gasteiger partial charge is 0.673 e. The molecule has 0 aliphatic carbocycles. The molecule has 0 aliphatic heterocycles. The van der Waals surface area contributed by atoms with Crippen LogP contribution in [0.5, 0.6) is 0 Å². The van der Waals surface area contributed by atoms with Crippen molar-refractivity contribution in [3.63, 3.8) is 0 Å². The summed E-state index contributed by atoms with van der Waals surface area (Å²) in [7, 11) is -10.3. The van der Waals surface area contributed by atoms with E-state index < -0.39 is 14.5 Å². The highest BCUT2D eigenvalue weighted by atomic mass is 19.5. The predicted molar refractivity (Wildman–Crippen MR) is 107 cm³/mol. The topological polar surface area (TPSA) is 15.2 Å². The van der Waals surface area contributed by atoms with E-state index in [-0.39, 0.29) is 10.8 Å². The lowest BCUT2D eigenvalue weighted by Gasteiger charge is -2.15. The van der Waals surface area contributed by atoms with Gasteiger partial charge in [-0.1, -0.05) is 0 Å². The number of hydrogen-bond donors (Lipinski definition) is 0. The minimum absolute atomic E-state index is 0.108. The average molecular weight is 461 g/mol.